The lowest BCUT2D eigenvalue weighted by molar-refractivity contribution is -0.144. The average molecular weight is 1240 g/mol. The number of alkyl halides is 2. The summed E-state index contributed by atoms with van der Waals surface area (Å²) >= 11 is 0.924. The molecule has 4 aromatic rings. The zero-order valence-electron chi connectivity index (χ0n) is 48.9. The highest BCUT2D eigenvalue weighted by atomic mass is 32.1. The largest absolute Gasteiger partial charge is 0.399 e. The van der Waals surface area contributed by atoms with Gasteiger partial charge in [0.05, 0.1) is 4.88 Å². The second-order valence-corrected chi connectivity index (χ2v) is 26.7. The highest BCUT2D eigenvalue weighted by Crippen LogP contribution is 2.59. The molecule has 6 heterocycles. The molecular weight excluding hydrogens is 1170 g/mol. The van der Waals surface area contributed by atoms with Gasteiger partial charge in [-0.15, -0.1) is 11.3 Å². The van der Waals surface area contributed by atoms with Crippen LogP contribution in [0.15, 0.2) is 66.7 Å². The van der Waals surface area contributed by atoms with Crippen LogP contribution in [0.1, 0.15) is 133 Å². The first-order valence-corrected chi connectivity index (χ1v) is 31.7. The fourth-order valence-electron chi connectivity index (χ4n) is 12.2. The van der Waals surface area contributed by atoms with Gasteiger partial charge in [0, 0.05) is 86.0 Å². The number of nitrogens with one attached hydrogen (secondary N) is 5. The van der Waals surface area contributed by atoms with Gasteiger partial charge in [-0.2, -0.15) is 8.78 Å². The van der Waals surface area contributed by atoms with E-state index < -0.39 is 97.2 Å². The lowest BCUT2D eigenvalue weighted by Crippen LogP contribution is -2.63. The Hall–Kier alpha value is -7.62. The lowest BCUT2D eigenvalue weighted by atomic mass is 9.86. The molecule has 0 saturated carbocycles. The number of nitrogens with two attached hydrogens (primary N) is 1. The molecule has 1 aromatic heterocycles. The van der Waals surface area contributed by atoms with E-state index >= 15 is 0 Å². The maximum absolute atomic E-state index is 14.8. The van der Waals surface area contributed by atoms with E-state index in [-0.39, 0.29) is 78.1 Å². The van der Waals surface area contributed by atoms with Gasteiger partial charge in [-0.05, 0) is 115 Å². The first kappa shape index (κ1) is 63.9. The van der Waals surface area contributed by atoms with E-state index in [0.29, 0.717) is 74.1 Å². The van der Waals surface area contributed by atoms with Gasteiger partial charge in [0.15, 0.2) is 0 Å². The number of carbonyl (C=O) groups excluding carboxylic acids is 9. The highest BCUT2D eigenvalue weighted by molar-refractivity contribution is 7.52. The molecule has 0 spiro atoms. The molecule has 0 radical (unpaired) electrons. The Bertz CT molecular complexity index is 3480. The number of hydrogen-bond donors (Lipinski definition) is 8. The van der Waals surface area contributed by atoms with Crippen LogP contribution in [0.4, 0.5) is 13.6 Å². The normalized spacial score (nSPS) is 21.2. The number of likely N-dealkylation sites (N-methyl/N-ethyl adjacent to an activating group) is 1. The van der Waals surface area contributed by atoms with Crippen LogP contribution in [0.5, 0.6) is 0 Å². The minimum absolute atomic E-state index is 0.0290. The second-order valence-electron chi connectivity index (χ2n) is 24.0. The van der Waals surface area contributed by atoms with Crippen LogP contribution in [-0.2, 0) is 57.4 Å². The number of imide groups is 1. The average Bonchev–Trinajstić information content (AvgIpc) is 1.80. The van der Waals surface area contributed by atoms with Crippen molar-refractivity contribution in [2.45, 2.75) is 146 Å². The minimum atomic E-state index is -5.88. The number of fused-ring (bicyclic) bond motifs is 3. The van der Waals surface area contributed by atoms with Crippen molar-refractivity contribution in [3.63, 3.8) is 0 Å². The quantitative estimate of drug-likeness (QED) is 0.0416. The van der Waals surface area contributed by atoms with Gasteiger partial charge in [0.2, 0.25) is 35.4 Å². The van der Waals surface area contributed by atoms with Crippen LogP contribution in [0.2, 0.25) is 0 Å². The monoisotopic (exact) mass is 1240 g/mol. The summed E-state index contributed by atoms with van der Waals surface area (Å²) in [6.45, 7) is 9.69. The number of piperidine rings is 2. The van der Waals surface area contributed by atoms with Crippen LogP contribution in [0.25, 0.3) is 10.1 Å². The van der Waals surface area contributed by atoms with E-state index in [0.717, 1.165) is 46.6 Å². The van der Waals surface area contributed by atoms with E-state index in [9.17, 15) is 66.3 Å². The summed E-state index contributed by atoms with van der Waals surface area (Å²) in [6, 6.07) is 10.2. The first-order valence-electron chi connectivity index (χ1n) is 29.3. The number of likely N-dealkylation sites (tertiary alicyclic amines) is 1. The predicted octanol–water partition coefficient (Wildman–Crippen LogP) is 4.32. The number of thiophene rings is 1. The number of urea groups is 1. The molecule has 22 nitrogen and oxygen atoms in total. The summed E-state index contributed by atoms with van der Waals surface area (Å²) in [5.74, 6) is 2.41. The van der Waals surface area contributed by atoms with E-state index in [2.05, 4.69) is 59.2 Å². The van der Waals surface area contributed by atoms with Gasteiger partial charge in [0.1, 0.15) is 30.2 Å². The van der Waals surface area contributed by atoms with Crippen molar-refractivity contribution in [1.82, 2.24) is 46.2 Å². The van der Waals surface area contributed by atoms with Crippen molar-refractivity contribution in [1.29, 1.82) is 0 Å². The Balaban J connectivity index is 0.865. The standard InChI is InChI=1S/C61H73F2N10O12PS/c1-5-70-26-25-41-18-19-48(73(41)58(81)46(34-70)68-55(78)50-31-38-30-40(17-21-49(38)87-50)61(62,63)86(83,84)85)54(77)67-45(32-65-59(64)82)52(75)66-44(29-36-13-15-39(16-14-36)60(2,3)4)57(80)71-27-23-35(24-28-71)9-6-7-10-37-11-8-12-42-43(37)33-72(56(42)79)47-20-22-51(74)69-53(47)76/h8,11-17,21,30-31,35,41,44-48H,5-6,9,18-20,22-29,32-34H2,1-4H3,(H,66,75)(H,67,77)(H,68,78)(H3,64,65,82)(H,69,74,76)(H2,83,84,85)/t41-,44?,45?,46+,47?,48+/m1/s1. The van der Waals surface area contributed by atoms with Crippen molar-refractivity contribution in [2.75, 3.05) is 39.3 Å². The lowest BCUT2D eigenvalue weighted by Gasteiger charge is -2.38. The topological polar surface area (TPSA) is 310 Å². The van der Waals surface area contributed by atoms with Crippen LogP contribution in [0.3, 0.4) is 0 Å². The number of amides is 10. The van der Waals surface area contributed by atoms with Gasteiger partial charge < -0.3 is 56.4 Å². The third-order valence-corrected chi connectivity index (χ3v) is 19.3. The van der Waals surface area contributed by atoms with E-state index in [1.54, 1.807) is 17.0 Å². The molecule has 9 rings (SSSR count). The van der Waals surface area contributed by atoms with Crippen LogP contribution >= 0.6 is 18.9 Å². The number of benzene rings is 3. The Labute approximate surface area is 506 Å². The maximum atomic E-state index is 14.8. The molecule has 4 fully saturated rings. The number of halogens is 2. The summed E-state index contributed by atoms with van der Waals surface area (Å²) in [6.07, 6.45) is 4.15. The Morgan fingerprint density at radius 3 is 2.29 bits per heavy atom. The smallest absolute Gasteiger partial charge is 0.352 e. The Morgan fingerprint density at radius 2 is 1.61 bits per heavy atom. The minimum Gasteiger partial charge on any atom is -0.352 e. The molecule has 9 N–H and O–H groups in total. The number of carbonyl (C=O) groups is 9. The van der Waals surface area contributed by atoms with Gasteiger partial charge in [-0.1, -0.05) is 75.9 Å². The molecule has 5 aliphatic heterocycles. The van der Waals surface area contributed by atoms with Crippen molar-refractivity contribution in [2.24, 2.45) is 11.7 Å². The third-order valence-electron chi connectivity index (χ3n) is 17.2. The molecule has 4 saturated heterocycles. The van der Waals surface area contributed by atoms with Crippen LogP contribution in [0, 0.1) is 17.8 Å². The van der Waals surface area contributed by atoms with Crippen LogP contribution in [-0.4, -0.2) is 158 Å². The molecule has 3 aromatic carbocycles. The summed E-state index contributed by atoms with van der Waals surface area (Å²) < 4.78 is 41.2. The van der Waals surface area contributed by atoms with E-state index in [4.69, 9.17) is 5.73 Å². The Kier molecular flexibility index (Phi) is 19.4. The van der Waals surface area contributed by atoms with E-state index in [1.807, 2.05) is 42.2 Å². The SMILES string of the molecule is CCN1CC[C@H]2CC[C@@H](C(=O)NC(CNC(N)=O)C(=O)NC(Cc3ccc(C(C)(C)C)cc3)C(=O)N3CCC(CCC#Cc4cccc5c4CN(C4CCC(=O)NC4=O)C5=O)CC3)N2C(=O)[C@@H](NC(=O)c2cc3cc(C(F)(F)P(=O)(O)O)ccc3s2)C1. The van der Waals surface area contributed by atoms with Gasteiger partial charge in [-0.3, -0.25) is 48.2 Å². The van der Waals surface area contributed by atoms with Gasteiger partial charge in [0.25, 0.3) is 11.8 Å². The molecule has 5 aliphatic rings. The molecule has 464 valence electrons. The van der Waals surface area contributed by atoms with Crippen molar-refractivity contribution in [3.8, 4) is 11.8 Å². The Morgan fingerprint density at radius 1 is 0.885 bits per heavy atom. The number of primary amides is 1. The molecule has 6 atom stereocenters. The number of rotatable bonds is 17. The second kappa shape index (κ2) is 26.4. The zero-order chi connectivity index (χ0) is 62.7. The summed E-state index contributed by atoms with van der Waals surface area (Å²) in [4.78, 5) is 148. The zero-order valence-corrected chi connectivity index (χ0v) is 50.6. The summed E-state index contributed by atoms with van der Waals surface area (Å²) in [7, 11) is -5.88. The van der Waals surface area contributed by atoms with Gasteiger partial charge >= 0.3 is 19.3 Å². The molecule has 10 amide bonds. The molecular formula is C61H73F2N10O12PS. The molecule has 0 aliphatic carbocycles. The fourth-order valence-corrected chi connectivity index (χ4v) is 13.6. The fraction of sp³-hybridized carbons (Fsp3) is 0.492. The molecule has 3 unspecified atom stereocenters. The molecule has 0 bridgehead atoms. The summed E-state index contributed by atoms with van der Waals surface area (Å²) in [5, 5.41) is 13.3. The molecule has 87 heavy (non-hydrogen) atoms. The van der Waals surface area contributed by atoms with Gasteiger partial charge in [-0.25, -0.2) is 4.79 Å². The molecule has 26 heteroatoms. The highest BCUT2D eigenvalue weighted by Gasteiger charge is 2.51. The van der Waals surface area contributed by atoms with Crippen LogP contribution < -0.4 is 32.3 Å². The van der Waals surface area contributed by atoms with Crippen molar-refractivity contribution < 1.29 is 66.3 Å². The maximum Gasteiger partial charge on any atom is 0.399 e. The van der Waals surface area contributed by atoms with Crippen molar-refractivity contribution >= 4 is 82.3 Å². The summed E-state index contributed by atoms with van der Waals surface area (Å²) in [5.41, 5.74) is 3.63. The van der Waals surface area contributed by atoms with Crippen molar-refractivity contribution in [3.05, 3.63) is 105 Å². The number of hydrogen-bond acceptors (Lipinski definition) is 12. The number of nitrogens with zero attached hydrogens (tertiary/aromatic N) is 4. The van der Waals surface area contributed by atoms with E-state index in [1.165, 1.54) is 21.9 Å². The third kappa shape index (κ3) is 14.5. The first-order chi connectivity index (χ1) is 41.2. The predicted molar refractivity (Wildman–Crippen MR) is 318 cm³/mol.